The van der Waals surface area contributed by atoms with Crippen molar-refractivity contribution in [3.63, 3.8) is 0 Å². The maximum absolute atomic E-state index is 4.31. The molecule has 0 atom stereocenters. The first-order valence-electron chi connectivity index (χ1n) is 4.32. The van der Waals surface area contributed by atoms with Crippen LogP contribution in [0.3, 0.4) is 0 Å². The lowest BCUT2D eigenvalue weighted by Crippen LogP contribution is -1.84. The predicted molar refractivity (Wildman–Crippen MR) is 52.9 cm³/mol. The number of nitrogens with zero attached hydrogens (tertiary/aromatic N) is 1. The van der Waals surface area contributed by atoms with Crippen molar-refractivity contribution in [3.8, 4) is 0 Å². The molecule has 0 aromatic carbocycles. The Hall–Kier alpha value is -1.11. The van der Waals surface area contributed by atoms with E-state index < -0.39 is 0 Å². The maximum atomic E-state index is 4.31. The van der Waals surface area contributed by atoms with E-state index in [0.717, 1.165) is 12.1 Å². The minimum atomic E-state index is 1.05. The molecule has 0 unspecified atom stereocenters. The minimum Gasteiger partial charge on any atom is -0.257 e. The number of aryl methyl sites for hydroxylation is 1. The first-order valence-corrected chi connectivity index (χ1v) is 4.32. The van der Waals surface area contributed by atoms with Gasteiger partial charge in [-0.25, -0.2) is 0 Å². The van der Waals surface area contributed by atoms with Crippen LogP contribution in [0.25, 0.3) is 6.08 Å². The molecular weight excluding hydrogens is 146 g/mol. The van der Waals surface area contributed by atoms with E-state index in [1.54, 1.807) is 0 Å². The van der Waals surface area contributed by atoms with E-state index in [1.165, 1.54) is 11.1 Å². The molecule has 1 aromatic rings. The van der Waals surface area contributed by atoms with Gasteiger partial charge in [-0.05, 0) is 38.0 Å². The molecule has 0 saturated heterocycles. The molecule has 0 aliphatic carbocycles. The van der Waals surface area contributed by atoms with Crippen molar-refractivity contribution in [1.29, 1.82) is 0 Å². The molecule has 0 radical (unpaired) electrons. The number of hydrogen-bond donors (Lipinski definition) is 0. The van der Waals surface area contributed by atoms with Crippen molar-refractivity contribution >= 4 is 6.08 Å². The van der Waals surface area contributed by atoms with Crippen LogP contribution in [0.2, 0.25) is 0 Å². The first-order chi connectivity index (χ1) is 5.72. The van der Waals surface area contributed by atoms with Crippen molar-refractivity contribution in [2.24, 2.45) is 0 Å². The standard InChI is InChI=1S/C11H15N/c1-4-10-5-6-11(12-8-10)7-9(2)3/h5-8H,4H2,1-3H3. The van der Waals surface area contributed by atoms with E-state index in [0.29, 0.717) is 0 Å². The molecule has 64 valence electrons. The van der Waals surface area contributed by atoms with Crippen LogP contribution in [-0.2, 0) is 6.42 Å². The highest BCUT2D eigenvalue weighted by molar-refractivity contribution is 5.47. The number of rotatable bonds is 2. The zero-order chi connectivity index (χ0) is 8.97. The summed E-state index contributed by atoms with van der Waals surface area (Å²) < 4.78 is 0. The third kappa shape index (κ3) is 2.50. The minimum absolute atomic E-state index is 1.05. The summed E-state index contributed by atoms with van der Waals surface area (Å²) in [4.78, 5) is 4.31. The summed E-state index contributed by atoms with van der Waals surface area (Å²) in [6.07, 6.45) is 5.08. The zero-order valence-corrected chi connectivity index (χ0v) is 7.96. The van der Waals surface area contributed by atoms with Crippen LogP contribution in [0, 0.1) is 0 Å². The molecule has 0 amide bonds. The Kier molecular flexibility index (Phi) is 3.03. The third-order valence-corrected chi connectivity index (χ3v) is 1.69. The Labute approximate surface area is 74.2 Å². The fraction of sp³-hybridized carbons (Fsp3) is 0.364. The van der Waals surface area contributed by atoms with Gasteiger partial charge in [-0.15, -0.1) is 0 Å². The normalized spacial score (nSPS) is 9.58. The Morgan fingerprint density at radius 1 is 1.42 bits per heavy atom. The molecule has 0 aliphatic heterocycles. The molecule has 1 heterocycles. The SMILES string of the molecule is CCc1ccc(C=C(C)C)nc1. The Morgan fingerprint density at radius 3 is 2.58 bits per heavy atom. The molecule has 0 spiro atoms. The Bertz CT molecular complexity index is 266. The summed E-state index contributed by atoms with van der Waals surface area (Å²) in [7, 11) is 0. The molecule has 0 aliphatic rings. The summed E-state index contributed by atoms with van der Waals surface area (Å²) in [5.74, 6) is 0. The van der Waals surface area contributed by atoms with E-state index in [1.807, 2.05) is 6.20 Å². The lowest BCUT2D eigenvalue weighted by Gasteiger charge is -1.96. The van der Waals surface area contributed by atoms with Crippen molar-refractivity contribution in [2.45, 2.75) is 27.2 Å². The average Bonchev–Trinajstić information content (AvgIpc) is 2.05. The van der Waals surface area contributed by atoms with Crippen LogP contribution in [0.15, 0.2) is 23.9 Å². The number of pyridine rings is 1. The molecule has 1 aromatic heterocycles. The fourth-order valence-corrected chi connectivity index (χ4v) is 1.03. The van der Waals surface area contributed by atoms with Gasteiger partial charge < -0.3 is 0 Å². The lowest BCUT2D eigenvalue weighted by atomic mass is 10.2. The Morgan fingerprint density at radius 2 is 2.17 bits per heavy atom. The second-order valence-corrected chi connectivity index (χ2v) is 3.17. The topological polar surface area (TPSA) is 12.9 Å². The molecule has 0 N–H and O–H groups in total. The van der Waals surface area contributed by atoms with Crippen LogP contribution in [-0.4, -0.2) is 4.98 Å². The van der Waals surface area contributed by atoms with Gasteiger partial charge in [0.1, 0.15) is 0 Å². The second-order valence-electron chi connectivity index (χ2n) is 3.17. The molecule has 0 fully saturated rings. The molecular formula is C11H15N. The first kappa shape index (κ1) is 8.98. The van der Waals surface area contributed by atoms with Crippen LogP contribution in [0.4, 0.5) is 0 Å². The van der Waals surface area contributed by atoms with E-state index in [4.69, 9.17) is 0 Å². The smallest absolute Gasteiger partial charge is 0.0629 e. The maximum Gasteiger partial charge on any atom is 0.0629 e. The summed E-state index contributed by atoms with van der Waals surface area (Å²) in [5, 5.41) is 0. The van der Waals surface area contributed by atoms with Gasteiger partial charge in [0.05, 0.1) is 5.69 Å². The summed E-state index contributed by atoms with van der Waals surface area (Å²) in [6, 6.07) is 4.19. The molecule has 1 nitrogen and oxygen atoms in total. The number of hydrogen-bond acceptors (Lipinski definition) is 1. The third-order valence-electron chi connectivity index (χ3n) is 1.69. The van der Waals surface area contributed by atoms with Crippen molar-refractivity contribution in [1.82, 2.24) is 4.98 Å². The molecule has 0 bridgehead atoms. The largest absolute Gasteiger partial charge is 0.257 e. The predicted octanol–water partition coefficient (Wildman–Crippen LogP) is 3.07. The van der Waals surface area contributed by atoms with Crippen molar-refractivity contribution in [3.05, 3.63) is 35.2 Å². The highest BCUT2D eigenvalue weighted by atomic mass is 14.7. The molecule has 1 heteroatoms. The number of allylic oxidation sites excluding steroid dienone is 1. The fourth-order valence-electron chi connectivity index (χ4n) is 1.03. The van der Waals surface area contributed by atoms with Crippen molar-refractivity contribution < 1.29 is 0 Å². The molecule has 12 heavy (non-hydrogen) atoms. The van der Waals surface area contributed by atoms with Gasteiger partial charge in [-0.2, -0.15) is 0 Å². The van der Waals surface area contributed by atoms with Gasteiger partial charge >= 0.3 is 0 Å². The average molecular weight is 161 g/mol. The van der Waals surface area contributed by atoms with Crippen LogP contribution >= 0.6 is 0 Å². The van der Waals surface area contributed by atoms with E-state index in [2.05, 4.69) is 44.0 Å². The van der Waals surface area contributed by atoms with Crippen LogP contribution in [0.1, 0.15) is 32.0 Å². The van der Waals surface area contributed by atoms with E-state index in [-0.39, 0.29) is 0 Å². The zero-order valence-electron chi connectivity index (χ0n) is 7.96. The summed E-state index contributed by atoms with van der Waals surface area (Å²) in [5.41, 5.74) is 3.62. The second kappa shape index (κ2) is 4.05. The Balaban J connectivity index is 2.85. The van der Waals surface area contributed by atoms with Gasteiger partial charge in [-0.1, -0.05) is 18.6 Å². The quantitative estimate of drug-likeness (QED) is 0.649. The highest BCUT2D eigenvalue weighted by Crippen LogP contribution is 2.04. The summed E-state index contributed by atoms with van der Waals surface area (Å²) >= 11 is 0. The number of aromatic nitrogens is 1. The van der Waals surface area contributed by atoms with Gasteiger partial charge in [0, 0.05) is 6.20 Å². The summed E-state index contributed by atoms with van der Waals surface area (Å²) in [6.45, 7) is 6.29. The molecule has 0 saturated carbocycles. The van der Waals surface area contributed by atoms with Crippen LogP contribution < -0.4 is 0 Å². The van der Waals surface area contributed by atoms with Crippen molar-refractivity contribution in [2.75, 3.05) is 0 Å². The highest BCUT2D eigenvalue weighted by Gasteiger charge is 1.90. The molecule has 1 rings (SSSR count). The van der Waals surface area contributed by atoms with Gasteiger partial charge in [0.25, 0.3) is 0 Å². The monoisotopic (exact) mass is 161 g/mol. The van der Waals surface area contributed by atoms with Gasteiger partial charge in [0.15, 0.2) is 0 Å². The lowest BCUT2D eigenvalue weighted by molar-refractivity contribution is 1.10. The van der Waals surface area contributed by atoms with Gasteiger partial charge in [-0.3, -0.25) is 4.98 Å². The van der Waals surface area contributed by atoms with Gasteiger partial charge in [0.2, 0.25) is 0 Å². The van der Waals surface area contributed by atoms with Crippen LogP contribution in [0.5, 0.6) is 0 Å². The van der Waals surface area contributed by atoms with E-state index in [9.17, 15) is 0 Å². The van der Waals surface area contributed by atoms with E-state index >= 15 is 0 Å².